The minimum Gasteiger partial charge on any atom is -0.459 e. The SMILES string of the molecule is C=Cc1cc(-n2c(C)cc(OC(O)c3ncc(F)cc3F)cc2=O)c(C)cn1. The standard InChI is InChI=1S/C20H17F2N3O3/c1-4-14-7-17(11(2)9-23-14)25-12(3)5-15(8-18(25)26)28-20(27)19-16(22)6-13(21)10-24-19/h4-10,20,27H,1H2,2-3H3. The third-order valence-electron chi connectivity index (χ3n) is 4.05. The highest BCUT2D eigenvalue weighted by atomic mass is 19.1. The normalized spacial score (nSPS) is 11.9. The molecule has 3 heterocycles. The number of ether oxygens (including phenoxy) is 1. The van der Waals surface area contributed by atoms with Crippen molar-refractivity contribution >= 4 is 6.08 Å². The Hall–Kier alpha value is -3.39. The third kappa shape index (κ3) is 3.81. The molecular formula is C20H17F2N3O3. The van der Waals surface area contributed by atoms with Crippen LogP contribution in [-0.4, -0.2) is 19.6 Å². The Morgan fingerprint density at radius 3 is 2.57 bits per heavy atom. The van der Waals surface area contributed by atoms with E-state index in [-0.39, 0.29) is 5.75 Å². The molecule has 28 heavy (non-hydrogen) atoms. The molecule has 3 rings (SSSR count). The Labute approximate surface area is 159 Å². The van der Waals surface area contributed by atoms with Crippen LogP contribution in [0.2, 0.25) is 0 Å². The predicted molar refractivity (Wildman–Crippen MR) is 99.1 cm³/mol. The summed E-state index contributed by atoms with van der Waals surface area (Å²) in [5, 5.41) is 10.1. The second-order valence-electron chi connectivity index (χ2n) is 6.10. The number of nitrogens with zero attached hydrogens (tertiary/aromatic N) is 3. The van der Waals surface area contributed by atoms with Gasteiger partial charge in [-0.2, -0.15) is 0 Å². The van der Waals surface area contributed by atoms with E-state index in [9.17, 15) is 18.7 Å². The van der Waals surface area contributed by atoms with Crippen LogP contribution in [0.5, 0.6) is 5.75 Å². The summed E-state index contributed by atoms with van der Waals surface area (Å²) in [7, 11) is 0. The number of aromatic nitrogens is 3. The van der Waals surface area contributed by atoms with E-state index in [0.717, 1.165) is 17.8 Å². The summed E-state index contributed by atoms with van der Waals surface area (Å²) in [6.45, 7) is 7.17. The summed E-state index contributed by atoms with van der Waals surface area (Å²) in [6, 6.07) is 4.98. The lowest BCUT2D eigenvalue weighted by Gasteiger charge is -2.17. The van der Waals surface area contributed by atoms with Gasteiger partial charge in [0.05, 0.1) is 17.6 Å². The molecule has 0 aromatic carbocycles. The van der Waals surface area contributed by atoms with Gasteiger partial charge in [0, 0.05) is 30.1 Å². The van der Waals surface area contributed by atoms with Crippen LogP contribution in [0, 0.1) is 25.5 Å². The first-order valence-electron chi connectivity index (χ1n) is 8.29. The van der Waals surface area contributed by atoms with Gasteiger partial charge in [0.15, 0.2) is 5.82 Å². The molecule has 0 aliphatic carbocycles. The van der Waals surface area contributed by atoms with Crippen LogP contribution in [-0.2, 0) is 0 Å². The van der Waals surface area contributed by atoms with Crippen molar-refractivity contribution in [3.63, 3.8) is 0 Å². The number of pyridine rings is 3. The number of hydrogen-bond donors (Lipinski definition) is 1. The quantitative estimate of drug-likeness (QED) is 0.683. The second kappa shape index (κ2) is 7.69. The van der Waals surface area contributed by atoms with Crippen LogP contribution in [0.4, 0.5) is 8.78 Å². The maximum Gasteiger partial charge on any atom is 0.259 e. The van der Waals surface area contributed by atoms with Crippen molar-refractivity contribution in [1.29, 1.82) is 0 Å². The summed E-state index contributed by atoms with van der Waals surface area (Å²) in [4.78, 5) is 20.3. The molecule has 8 heteroatoms. The first-order chi connectivity index (χ1) is 13.3. The molecule has 1 unspecified atom stereocenters. The van der Waals surface area contributed by atoms with Gasteiger partial charge in [-0.3, -0.25) is 14.3 Å². The Morgan fingerprint density at radius 1 is 1.18 bits per heavy atom. The van der Waals surface area contributed by atoms with Crippen molar-refractivity contribution in [3.05, 3.63) is 87.9 Å². The van der Waals surface area contributed by atoms with Crippen LogP contribution >= 0.6 is 0 Å². The summed E-state index contributed by atoms with van der Waals surface area (Å²) in [5.41, 5.74) is 1.64. The van der Waals surface area contributed by atoms with E-state index in [1.807, 2.05) is 6.92 Å². The highest BCUT2D eigenvalue weighted by molar-refractivity contribution is 5.51. The Morgan fingerprint density at radius 2 is 1.93 bits per heavy atom. The third-order valence-corrected chi connectivity index (χ3v) is 4.05. The van der Waals surface area contributed by atoms with E-state index in [0.29, 0.717) is 23.1 Å². The predicted octanol–water partition coefficient (Wildman–Crippen LogP) is 3.24. The van der Waals surface area contributed by atoms with E-state index < -0.39 is 29.2 Å². The van der Waals surface area contributed by atoms with Crippen LogP contribution in [0.3, 0.4) is 0 Å². The Bertz CT molecular complexity index is 1110. The molecule has 0 saturated carbocycles. The lowest BCUT2D eigenvalue weighted by Crippen LogP contribution is -2.22. The molecule has 0 spiro atoms. The smallest absolute Gasteiger partial charge is 0.259 e. The number of rotatable bonds is 5. The van der Waals surface area contributed by atoms with Crippen molar-refractivity contribution < 1.29 is 18.6 Å². The second-order valence-corrected chi connectivity index (χ2v) is 6.10. The van der Waals surface area contributed by atoms with E-state index in [1.54, 1.807) is 25.3 Å². The monoisotopic (exact) mass is 385 g/mol. The largest absolute Gasteiger partial charge is 0.459 e. The molecule has 0 aliphatic heterocycles. The topological polar surface area (TPSA) is 77.2 Å². The van der Waals surface area contributed by atoms with Crippen LogP contribution in [0.1, 0.15) is 28.9 Å². The number of halogens is 2. The van der Waals surface area contributed by atoms with Gasteiger partial charge < -0.3 is 9.84 Å². The van der Waals surface area contributed by atoms with Gasteiger partial charge in [-0.25, -0.2) is 13.8 Å². The number of aliphatic hydroxyl groups excluding tert-OH is 1. The minimum absolute atomic E-state index is 0.0208. The van der Waals surface area contributed by atoms with E-state index in [4.69, 9.17) is 4.74 Å². The molecule has 0 amide bonds. The highest BCUT2D eigenvalue weighted by Crippen LogP contribution is 2.22. The zero-order valence-corrected chi connectivity index (χ0v) is 15.2. The molecule has 0 radical (unpaired) electrons. The highest BCUT2D eigenvalue weighted by Gasteiger charge is 2.18. The zero-order chi connectivity index (χ0) is 20.4. The number of aliphatic hydroxyl groups is 1. The molecule has 6 nitrogen and oxygen atoms in total. The number of hydrogen-bond acceptors (Lipinski definition) is 5. The molecule has 1 N–H and O–H groups in total. The summed E-state index contributed by atoms with van der Waals surface area (Å²) < 4.78 is 33.4. The minimum atomic E-state index is -1.80. The van der Waals surface area contributed by atoms with Gasteiger partial charge in [-0.05, 0) is 31.6 Å². The average molecular weight is 385 g/mol. The first kappa shape index (κ1) is 19.4. The fourth-order valence-electron chi connectivity index (χ4n) is 2.72. The molecule has 0 bridgehead atoms. The van der Waals surface area contributed by atoms with Crippen molar-refractivity contribution in [3.8, 4) is 11.4 Å². The first-order valence-corrected chi connectivity index (χ1v) is 8.29. The Kier molecular flexibility index (Phi) is 5.32. The Balaban J connectivity index is 1.96. The number of aryl methyl sites for hydroxylation is 2. The molecule has 1 atom stereocenters. The molecule has 0 aliphatic rings. The molecule has 3 aromatic rings. The van der Waals surface area contributed by atoms with Crippen molar-refractivity contribution in [2.45, 2.75) is 20.1 Å². The van der Waals surface area contributed by atoms with Gasteiger partial charge in [0.2, 0.25) is 6.29 Å². The van der Waals surface area contributed by atoms with Gasteiger partial charge in [-0.1, -0.05) is 6.58 Å². The molecule has 0 saturated heterocycles. The maximum atomic E-state index is 13.7. The van der Waals surface area contributed by atoms with Crippen molar-refractivity contribution in [1.82, 2.24) is 14.5 Å². The van der Waals surface area contributed by atoms with Crippen LogP contribution in [0.15, 0.2) is 48.0 Å². The van der Waals surface area contributed by atoms with Gasteiger partial charge in [0.1, 0.15) is 17.3 Å². The van der Waals surface area contributed by atoms with E-state index >= 15 is 0 Å². The lowest BCUT2D eigenvalue weighted by molar-refractivity contribution is -0.0259. The molecule has 3 aromatic heterocycles. The molecular weight excluding hydrogens is 368 g/mol. The van der Waals surface area contributed by atoms with Gasteiger partial charge in [-0.15, -0.1) is 0 Å². The summed E-state index contributed by atoms with van der Waals surface area (Å²) in [5.74, 6) is -1.91. The van der Waals surface area contributed by atoms with Crippen molar-refractivity contribution in [2.24, 2.45) is 0 Å². The summed E-state index contributed by atoms with van der Waals surface area (Å²) >= 11 is 0. The lowest BCUT2D eigenvalue weighted by atomic mass is 10.2. The van der Waals surface area contributed by atoms with Gasteiger partial charge in [0.25, 0.3) is 5.56 Å². The fourth-order valence-corrected chi connectivity index (χ4v) is 2.72. The van der Waals surface area contributed by atoms with Crippen LogP contribution in [0.25, 0.3) is 11.8 Å². The maximum absolute atomic E-state index is 13.7. The summed E-state index contributed by atoms with van der Waals surface area (Å²) in [6.07, 6.45) is 2.17. The van der Waals surface area contributed by atoms with Gasteiger partial charge >= 0.3 is 0 Å². The fraction of sp³-hybridized carbons (Fsp3) is 0.150. The average Bonchev–Trinajstić information content (AvgIpc) is 2.62. The van der Waals surface area contributed by atoms with E-state index in [2.05, 4.69) is 16.5 Å². The van der Waals surface area contributed by atoms with E-state index in [1.165, 1.54) is 10.6 Å². The van der Waals surface area contributed by atoms with Crippen molar-refractivity contribution in [2.75, 3.05) is 0 Å². The molecule has 0 fully saturated rings. The van der Waals surface area contributed by atoms with Crippen LogP contribution < -0.4 is 10.3 Å². The zero-order valence-electron chi connectivity index (χ0n) is 15.2. The molecule has 144 valence electrons.